The molecule has 4 aliphatic rings. The van der Waals surface area contributed by atoms with Crippen molar-refractivity contribution < 1.29 is 23.8 Å². The van der Waals surface area contributed by atoms with Crippen LogP contribution < -0.4 is 0 Å². The number of fused-ring (bicyclic) bond motifs is 5. The molecule has 4 nitrogen and oxygen atoms in total. The average Bonchev–Trinajstić information content (AvgIpc) is 3.08. The Kier molecular flexibility index (Phi) is 5.83. The fourth-order valence-electron chi connectivity index (χ4n) is 8.57. The van der Waals surface area contributed by atoms with E-state index in [1.54, 1.807) is 0 Å². The smallest absolute Gasteiger partial charge is 0.305 e. The van der Waals surface area contributed by atoms with Gasteiger partial charge in [0.2, 0.25) is 0 Å². The lowest BCUT2D eigenvalue weighted by molar-refractivity contribution is -0.175. The van der Waals surface area contributed by atoms with Gasteiger partial charge < -0.3 is 9.84 Å². The third-order valence-electron chi connectivity index (χ3n) is 10.2. The molecule has 10 atom stereocenters. The molecule has 0 radical (unpaired) electrons. The molecule has 0 spiro atoms. The first kappa shape index (κ1) is 22.2. The summed E-state index contributed by atoms with van der Waals surface area (Å²) in [6.45, 7) is 6.77. The van der Waals surface area contributed by atoms with Crippen LogP contribution in [0.5, 0.6) is 0 Å². The Morgan fingerprint density at radius 3 is 2.53 bits per heavy atom. The van der Waals surface area contributed by atoms with E-state index in [-0.39, 0.29) is 46.3 Å². The number of aliphatic hydroxyl groups is 1. The number of rotatable bonds is 4. The maximum absolute atomic E-state index is 15.7. The first-order valence-corrected chi connectivity index (χ1v) is 12.1. The van der Waals surface area contributed by atoms with Crippen molar-refractivity contribution in [3.63, 3.8) is 0 Å². The van der Waals surface area contributed by atoms with Crippen molar-refractivity contribution in [2.24, 2.45) is 46.3 Å². The van der Waals surface area contributed by atoms with Crippen LogP contribution in [-0.2, 0) is 14.3 Å². The Hall–Kier alpha value is -0.970. The van der Waals surface area contributed by atoms with Crippen molar-refractivity contribution in [2.45, 2.75) is 90.8 Å². The van der Waals surface area contributed by atoms with Gasteiger partial charge in [-0.25, -0.2) is 4.39 Å². The largest absolute Gasteiger partial charge is 0.469 e. The van der Waals surface area contributed by atoms with Crippen LogP contribution >= 0.6 is 0 Å². The third-order valence-corrected chi connectivity index (χ3v) is 10.2. The van der Waals surface area contributed by atoms with Crippen molar-refractivity contribution in [3.05, 3.63) is 0 Å². The van der Waals surface area contributed by atoms with Gasteiger partial charge in [0.25, 0.3) is 0 Å². The standard InChI is InChI=1S/C25H39FO4/c1-14(5-8-20(28)30-4)16-6-7-17-21-18(10-12-24(16,17)2)25(3)11-9-15(27)13-19(25)23(29)22(21)26/h14-19,21-22,27H,5-13H2,1-4H3/t14-,15+,16-,17+,18+,19-,21+,22+,24-,25-/m1/s1. The van der Waals surface area contributed by atoms with Gasteiger partial charge in [-0.15, -0.1) is 0 Å². The molecule has 4 aliphatic carbocycles. The predicted molar refractivity (Wildman–Crippen MR) is 112 cm³/mol. The minimum atomic E-state index is -1.38. The van der Waals surface area contributed by atoms with Crippen LogP contribution in [-0.4, -0.2) is 36.2 Å². The van der Waals surface area contributed by atoms with Crippen LogP contribution in [0.4, 0.5) is 4.39 Å². The first-order valence-electron chi connectivity index (χ1n) is 12.1. The zero-order chi connectivity index (χ0) is 21.8. The molecule has 0 saturated heterocycles. The van der Waals surface area contributed by atoms with E-state index in [0.717, 1.165) is 44.9 Å². The number of aliphatic hydroxyl groups excluding tert-OH is 1. The van der Waals surface area contributed by atoms with E-state index in [0.29, 0.717) is 24.7 Å². The number of hydrogen-bond donors (Lipinski definition) is 1. The van der Waals surface area contributed by atoms with Crippen molar-refractivity contribution in [1.29, 1.82) is 0 Å². The molecule has 4 fully saturated rings. The number of carbonyl (C=O) groups excluding carboxylic acids is 2. The second-order valence-electron chi connectivity index (χ2n) is 11.4. The molecule has 170 valence electrons. The number of halogens is 1. The summed E-state index contributed by atoms with van der Waals surface area (Å²) in [7, 11) is 1.43. The van der Waals surface area contributed by atoms with Crippen LogP contribution in [0.2, 0.25) is 0 Å². The van der Waals surface area contributed by atoms with Gasteiger partial charge >= 0.3 is 5.97 Å². The summed E-state index contributed by atoms with van der Waals surface area (Å²) in [6, 6.07) is 0. The fourth-order valence-corrected chi connectivity index (χ4v) is 8.57. The number of ether oxygens (including phenoxy) is 1. The van der Waals surface area contributed by atoms with Crippen LogP contribution in [0.15, 0.2) is 0 Å². The minimum absolute atomic E-state index is 0.0404. The Labute approximate surface area is 180 Å². The van der Waals surface area contributed by atoms with E-state index >= 15 is 4.39 Å². The van der Waals surface area contributed by atoms with E-state index < -0.39 is 12.3 Å². The summed E-state index contributed by atoms with van der Waals surface area (Å²) < 4.78 is 20.5. The summed E-state index contributed by atoms with van der Waals surface area (Å²) in [6.07, 6.45) is 5.52. The maximum atomic E-state index is 15.7. The van der Waals surface area contributed by atoms with Gasteiger partial charge in [0.1, 0.15) is 0 Å². The highest BCUT2D eigenvalue weighted by atomic mass is 19.1. The van der Waals surface area contributed by atoms with Gasteiger partial charge in [-0.2, -0.15) is 0 Å². The van der Waals surface area contributed by atoms with E-state index in [1.807, 2.05) is 0 Å². The topological polar surface area (TPSA) is 63.6 Å². The van der Waals surface area contributed by atoms with E-state index in [9.17, 15) is 14.7 Å². The summed E-state index contributed by atoms with van der Waals surface area (Å²) >= 11 is 0. The molecule has 0 amide bonds. The Balaban J connectivity index is 1.57. The van der Waals surface area contributed by atoms with Crippen LogP contribution in [0.25, 0.3) is 0 Å². The highest BCUT2D eigenvalue weighted by molar-refractivity contribution is 5.87. The third kappa shape index (κ3) is 3.25. The molecule has 4 saturated carbocycles. The molecule has 1 N–H and O–H groups in total. The van der Waals surface area contributed by atoms with Crippen molar-refractivity contribution in [2.75, 3.05) is 7.11 Å². The number of methoxy groups -OCH3 is 1. The highest BCUT2D eigenvalue weighted by Crippen LogP contribution is 2.68. The van der Waals surface area contributed by atoms with E-state index in [4.69, 9.17) is 4.74 Å². The number of carbonyl (C=O) groups is 2. The van der Waals surface area contributed by atoms with Gasteiger partial charge in [-0.1, -0.05) is 20.8 Å². The van der Waals surface area contributed by atoms with Crippen LogP contribution in [0, 0.1) is 46.3 Å². The summed E-state index contributed by atoms with van der Waals surface area (Å²) in [5.41, 5.74) is -0.127. The zero-order valence-corrected chi connectivity index (χ0v) is 19.0. The lowest BCUT2D eigenvalue weighted by atomic mass is 9.43. The SMILES string of the molecule is COC(=O)CC[C@@H](C)[C@H]1CC[C@H]2[C@@H]3[C@H](F)C(=O)[C@H]4C[C@@H](O)CC[C@]4(C)[C@H]3CC[C@]12C. The summed E-state index contributed by atoms with van der Waals surface area (Å²) in [5, 5.41) is 10.1. The number of alkyl halides is 1. The van der Waals surface area contributed by atoms with Gasteiger partial charge in [0.15, 0.2) is 12.0 Å². The molecular weight excluding hydrogens is 383 g/mol. The lowest BCUT2D eigenvalue weighted by Crippen LogP contribution is -2.61. The van der Waals surface area contributed by atoms with Gasteiger partial charge in [-0.3, -0.25) is 9.59 Å². The summed E-state index contributed by atoms with van der Waals surface area (Å²) in [4.78, 5) is 24.8. The van der Waals surface area contributed by atoms with E-state index in [2.05, 4.69) is 20.8 Å². The Morgan fingerprint density at radius 2 is 1.83 bits per heavy atom. The average molecular weight is 423 g/mol. The van der Waals surface area contributed by atoms with Crippen LogP contribution in [0.3, 0.4) is 0 Å². The molecule has 0 aromatic heterocycles. The summed E-state index contributed by atoms with van der Waals surface area (Å²) in [5.74, 6) is 0.448. The number of ketones is 1. The molecule has 0 aromatic carbocycles. The molecule has 30 heavy (non-hydrogen) atoms. The molecule has 0 heterocycles. The molecule has 0 aromatic rings. The number of Topliss-reactive ketones (excluding diaryl/α,β-unsaturated/α-hetero) is 1. The molecular formula is C25H39FO4. The number of esters is 1. The molecule has 0 unspecified atom stereocenters. The fraction of sp³-hybridized carbons (Fsp3) is 0.920. The van der Waals surface area contributed by atoms with Crippen molar-refractivity contribution >= 4 is 11.8 Å². The van der Waals surface area contributed by atoms with Crippen molar-refractivity contribution in [1.82, 2.24) is 0 Å². The highest BCUT2D eigenvalue weighted by Gasteiger charge is 2.65. The predicted octanol–water partition coefficient (Wildman–Crippen LogP) is 4.72. The Morgan fingerprint density at radius 1 is 1.17 bits per heavy atom. The van der Waals surface area contributed by atoms with Gasteiger partial charge in [0, 0.05) is 18.3 Å². The molecule has 0 bridgehead atoms. The normalized spacial score (nSPS) is 49.0. The van der Waals surface area contributed by atoms with E-state index in [1.165, 1.54) is 7.11 Å². The maximum Gasteiger partial charge on any atom is 0.305 e. The second-order valence-corrected chi connectivity index (χ2v) is 11.4. The molecule has 0 aliphatic heterocycles. The molecule has 5 heteroatoms. The quantitative estimate of drug-likeness (QED) is 0.666. The van der Waals surface area contributed by atoms with Gasteiger partial charge in [-0.05, 0) is 85.9 Å². The molecule has 4 rings (SSSR count). The van der Waals surface area contributed by atoms with Crippen molar-refractivity contribution in [3.8, 4) is 0 Å². The zero-order valence-electron chi connectivity index (χ0n) is 19.0. The van der Waals surface area contributed by atoms with Gasteiger partial charge in [0.05, 0.1) is 13.2 Å². The Bertz CT molecular complexity index is 695. The lowest BCUT2D eigenvalue weighted by Gasteiger charge is -2.61. The second kappa shape index (κ2) is 7.86. The monoisotopic (exact) mass is 422 g/mol. The first-order chi connectivity index (χ1) is 14.1. The minimum Gasteiger partial charge on any atom is -0.469 e. The number of hydrogen-bond acceptors (Lipinski definition) is 4. The van der Waals surface area contributed by atoms with Crippen LogP contribution in [0.1, 0.15) is 78.6 Å².